The third-order valence-corrected chi connectivity index (χ3v) is 12.6. The zero-order valence-corrected chi connectivity index (χ0v) is 22.2. The Kier molecular flexibility index (Phi) is 7.16. The summed E-state index contributed by atoms with van der Waals surface area (Å²) in [4.78, 5) is 0. The first-order chi connectivity index (χ1) is 13.5. The second-order valence-corrected chi connectivity index (χ2v) is 16.0. The summed E-state index contributed by atoms with van der Waals surface area (Å²) in [5, 5.41) is 9.76. The molecule has 0 heterocycles. The molecule has 0 amide bonds. The highest BCUT2D eigenvalue weighted by Gasteiger charge is 2.40. The van der Waals surface area contributed by atoms with Crippen molar-refractivity contribution in [2.24, 2.45) is 0 Å². The van der Waals surface area contributed by atoms with E-state index in [1.807, 2.05) is 18.2 Å². The lowest BCUT2D eigenvalue weighted by Crippen LogP contribution is -2.41. The lowest BCUT2D eigenvalue weighted by Gasteiger charge is -2.38. The maximum absolute atomic E-state index is 9.48. The van der Waals surface area contributed by atoms with Crippen LogP contribution in [0.5, 0.6) is 0 Å². The molecule has 0 spiro atoms. The standard InChI is InChI=1S/C15H23BrOSi.C9H9BrO/c1-15(2,3)18(4,5)17-14-10-9-11-12(14)7-6-8-13(11)16;10-8-3-1-2-7-6(8)4-5-9(7)11/h6-8,14H,9-10H2,1-5H3;1-3,9,11H,4-5H2. The van der Waals surface area contributed by atoms with Gasteiger partial charge in [-0.15, -0.1) is 0 Å². The van der Waals surface area contributed by atoms with Gasteiger partial charge in [0.1, 0.15) is 0 Å². The van der Waals surface area contributed by atoms with E-state index >= 15 is 0 Å². The van der Waals surface area contributed by atoms with E-state index in [0.29, 0.717) is 6.10 Å². The van der Waals surface area contributed by atoms with Gasteiger partial charge in [0.25, 0.3) is 0 Å². The number of halogens is 2. The molecule has 0 saturated carbocycles. The molecule has 5 heteroatoms. The number of hydrogen-bond donors (Lipinski definition) is 1. The third-order valence-electron chi connectivity index (χ3n) is 6.58. The van der Waals surface area contributed by atoms with Crippen molar-refractivity contribution in [3.8, 4) is 0 Å². The Morgan fingerprint density at radius 1 is 0.897 bits per heavy atom. The molecule has 1 N–H and O–H groups in total. The van der Waals surface area contributed by atoms with Crippen LogP contribution in [-0.4, -0.2) is 13.4 Å². The summed E-state index contributed by atoms with van der Waals surface area (Å²) in [6, 6.07) is 12.5. The van der Waals surface area contributed by atoms with Gasteiger partial charge in [-0.05, 0) is 78.2 Å². The fourth-order valence-electron chi connectivity index (χ4n) is 3.81. The quantitative estimate of drug-likeness (QED) is 0.393. The van der Waals surface area contributed by atoms with Gasteiger partial charge in [-0.25, -0.2) is 0 Å². The summed E-state index contributed by atoms with van der Waals surface area (Å²) in [5.74, 6) is 0. The number of aliphatic hydroxyl groups is 1. The topological polar surface area (TPSA) is 29.5 Å². The zero-order chi connectivity index (χ0) is 21.4. The highest BCUT2D eigenvalue weighted by Crippen LogP contribution is 2.44. The summed E-state index contributed by atoms with van der Waals surface area (Å²) in [6.07, 6.45) is 4.21. The van der Waals surface area contributed by atoms with Crippen molar-refractivity contribution in [1.29, 1.82) is 0 Å². The van der Waals surface area contributed by atoms with Crippen molar-refractivity contribution >= 4 is 40.2 Å². The van der Waals surface area contributed by atoms with E-state index in [9.17, 15) is 5.11 Å². The largest absolute Gasteiger partial charge is 0.410 e. The molecule has 0 saturated heterocycles. The molecule has 0 radical (unpaired) electrons. The minimum atomic E-state index is -1.67. The molecule has 0 fully saturated rings. The Hall–Kier alpha value is -0.463. The summed E-state index contributed by atoms with van der Waals surface area (Å²) in [6.45, 7) is 11.6. The second kappa shape index (κ2) is 8.95. The molecular weight excluding hydrogens is 508 g/mol. The van der Waals surface area contributed by atoms with Crippen LogP contribution in [0.2, 0.25) is 18.1 Å². The van der Waals surface area contributed by atoms with Gasteiger partial charge in [-0.1, -0.05) is 76.9 Å². The average Bonchev–Trinajstić information content (AvgIpc) is 3.21. The maximum atomic E-state index is 9.48. The van der Waals surface area contributed by atoms with Crippen molar-refractivity contribution in [2.75, 3.05) is 0 Å². The summed E-state index contributed by atoms with van der Waals surface area (Å²) < 4.78 is 8.93. The Morgan fingerprint density at radius 2 is 1.41 bits per heavy atom. The molecule has 0 aliphatic heterocycles. The van der Waals surface area contributed by atoms with Crippen LogP contribution in [0.25, 0.3) is 0 Å². The number of aliphatic hydroxyl groups excluding tert-OH is 1. The molecule has 0 bridgehead atoms. The number of rotatable bonds is 2. The number of hydrogen-bond acceptors (Lipinski definition) is 2. The van der Waals surface area contributed by atoms with Crippen LogP contribution in [0.4, 0.5) is 0 Å². The predicted octanol–water partition coefficient (Wildman–Crippen LogP) is 7.89. The van der Waals surface area contributed by atoms with Crippen LogP contribution >= 0.6 is 31.9 Å². The van der Waals surface area contributed by atoms with Crippen molar-refractivity contribution in [2.45, 2.75) is 76.8 Å². The van der Waals surface area contributed by atoms with E-state index in [1.165, 1.54) is 21.2 Å². The van der Waals surface area contributed by atoms with E-state index in [2.05, 4.69) is 83.9 Å². The Morgan fingerprint density at radius 3 is 1.97 bits per heavy atom. The van der Waals surface area contributed by atoms with E-state index in [-0.39, 0.29) is 11.1 Å². The Bertz CT molecular complexity index is 874. The smallest absolute Gasteiger partial charge is 0.192 e. The Balaban J connectivity index is 0.000000186. The lowest BCUT2D eigenvalue weighted by atomic mass is 10.1. The molecule has 2 unspecified atom stereocenters. The van der Waals surface area contributed by atoms with Gasteiger partial charge in [0.15, 0.2) is 8.32 Å². The fraction of sp³-hybridized carbons (Fsp3) is 0.500. The Labute approximate surface area is 193 Å². The van der Waals surface area contributed by atoms with Crippen LogP contribution in [-0.2, 0) is 17.3 Å². The van der Waals surface area contributed by atoms with Gasteiger partial charge in [0.2, 0.25) is 0 Å². The highest BCUT2D eigenvalue weighted by atomic mass is 79.9. The first-order valence-corrected chi connectivity index (χ1v) is 14.9. The van der Waals surface area contributed by atoms with E-state index in [0.717, 1.165) is 35.7 Å². The molecule has 2 aromatic carbocycles. The van der Waals surface area contributed by atoms with Crippen LogP contribution in [0.3, 0.4) is 0 Å². The molecule has 0 aromatic heterocycles. The molecular formula is C24H32Br2O2Si. The molecule has 2 aliphatic rings. The SMILES string of the molecule is CC(C)(C)[Si](C)(C)OC1CCc2c(Br)cccc21.OC1CCc2c(Br)cccc21. The molecule has 4 rings (SSSR count). The number of benzene rings is 2. The van der Waals surface area contributed by atoms with Crippen LogP contribution < -0.4 is 0 Å². The summed E-state index contributed by atoms with van der Waals surface area (Å²) in [7, 11) is -1.67. The summed E-state index contributed by atoms with van der Waals surface area (Å²) >= 11 is 7.11. The van der Waals surface area contributed by atoms with E-state index in [1.54, 1.807) is 0 Å². The van der Waals surface area contributed by atoms with E-state index < -0.39 is 8.32 Å². The monoisotopic (exact) mass is 538 g/mol. The number of fused-ring (bicyclic) bond motifs is 2. The zero-order valence-electron chi connectivity index (χ0n) is 18.1. The fourth-order valence-corrected chi connectivity index (χ4v) is 6.28. The summed E-state index contributed by atoms with van der Waals surface area (Å²) in [5.41, 5.74) is 5.22. The van der Waals surface area contributed by atoms with Crippen molar-refractivity contribution in [3.05, 3.63) is 67.6 Å². The first kappa shape index (κ1) is 23.2. The minimum absolute atomic E-state index is 0.234. The average molecular weight is 540 g/mol. The molecule has 158 valence electrons. The van der Waals surface area contributed by atoms with E-state index in [4.69, 9.17) is 4.43 Å². The van der Waals surface area contributed by atoms with Gasteiger partial charge >= 0.3 is 0 Å². The molecule has 2 aromatic rings. The van der Waals surface area contributed by atoms with Crippen LogP contribution in [0.15, 0.2) is 45.3 Å². The van der Waals surface area contributed by atoms with Crippen molar-refractivity contribution < 1.29 is 9.53 Å². The molecule has 2 aliphatic carbocycles. The van der Waals surface area contributed by atoms with Crippen molar-refractivity contribution in [1.82, 2.24) is 0 Å². The van der Waals surface area contributed by atoms with Gasteiger partial charge in [0.05, 0.1) is 12.2 Å². The van der Waals surface area contributed by atoms with Gasteiger partial charge in [0, 0.05) is 8.95 Å². The van der Waals surface area contributed by atoms with Gasteiger partial charge in [-0.2, -0.15) is 0 Å². The minimum Gasteiger partial charge on any atom is -0.410 e. The second-order valence-electron chi connectivity index (χ2n) is 9.58. The normalized spacial score (nSPS) is 20.7. The van der Waals surface area contributed by atoms with Crippen LogP contribution in [0, 0.1) is 0 Å². The maximum Gasteiger partial charge on any atom is 0.192 e. The molecule has 2 atom stereocenters. The van der Waals surface area contributed by atoms with Gasteiger partial charge < -0.3 is 9.53 Å². The van der Waals surface area contributed by atoms with Gasteiger partial charge in [-0.3, -0.25) is 0 Å². The molecule has 29 heavy (non-hydrogen) atoms. The lowest BCUT2D eigenvalue weighted by molar-refractivity contribution is 0.180. The molecule has 2 nitrogen and oxygen atoms in total. The first-order valence-electron chi connectivity index (χ1n) is 10.4. The van der Waals surface area contributed by atoms with Crippen LogP contribution in [0.1, 0.15) is 68.1 Å². The highest BCUT2D eigenvalue weighted by molar-refractivity contribution is 9.10. The third kappa shape index (κ3) is 5.07. The predicted molar refractivity (Wildman–Crippen MR) is 131 cm³/mol. The van der Waals surface area contributed by atoms with Crippen molar-refractivity contribution in [3.63, 3.8) is 0 Å².